The van der Waals surface area contributed by atoms with E-state index in [4.69, 9.17) is 0 Å². The lowest BCUT2D eigenvalue weighted by Gasteiger charge is -2.38. The number of benzene rings is 2. The van der Waals surface area contributed by atoms with Gasteiger partial charge in [0.2, 0.25) is 5.41 Å². The van der Waals surface area contributed by atoms with Crippen molar-refractivity contribution in [3.05, 3.63) is 59.2 Å². The second-order valence-corrected chi connectivity index (χ2v) is 7.34. The number of hydrogen-bond donors (Lipinski definition) is 1. The number of hydrogen-bond acceptors (Lipinski definition) is 3. The van der Waals surface area contributed by atoms with Crippen molar-refractivity contribution < 1.29 is 44.0 Å². The molecule has 0 aliphatic heterocycles. The van der Waals surface area contributed by atoms with Crippen LogP contribution < -0.4 is 4.74 Å². The molecule has 0 saturated heterocycles. The molecule has 4 nitrogen and oxygen atoms in total. The molecule has 0 fully saturated rings. The van der Waals surface area contributed by atoms with Crippen LogP contribution in [-0.2, 0) is 15.5 Å². The molecule has 1 N–H and O–H groups in total. The third-order valence-electron chi connectivity index (χ3n) is 4.21. The zero-order chi connectivity index (χ0) is 21.5. The van der Waals surface area contributed by atoms with Crippen LogP contribution in [0.25, 0.3) is 0 Å². The summed E-state index contributed by atoms with van der Waals surface area (Å²) in [7, 11) is -4.22. The van der Waals surface area contributed by atoms with Gasteiger partial charge in [-0.3, -0.25) is 4.55 Å². The molecule has 0 aliphatic carbocycles. The van der Waals surface area contributed by atoms with Gasteiger partial charge in [0.15, 0.2) is 0 Å². The predicted octanol–water partition coefficient (Wildman–Crippen LogP) is 4.66. The molecule has 2 rings (SSSR count). The molecule has 154 valence electrons. The molecular formula is C17H14F6O4S. The first-order valence-corrected chi connectivity index (χ1v) is 8.97. The second-order valence-electron chi connectivity index (χ2n) is 5.95. The molecule has 0 atom stereocenters. The van der Waals surface area contributed by atoms with E-state index in [0.717, 1.165) is 19.2 Å². The lowest BCUT2D eigenvalue weighted by atomic mass is 9.72. The highest BCUT2D eigenvalue weighted by Crippen LogP contribution is 2.56. The number of halogens is 6. The molecule has 0 heterocycles. The Morgan fingerprint density at radius 1 is 0.857 bits per heavy atom. The van der Waals surface area contributed by atoms with E-state index in [1.54, 1.807) is 0 Å². The standard InChI is InChI=1S/C17H14F6O4S/c1-10-3-5-11(6-4-10)15(16(18,19)20,17(21,22)23)12-7-8-13(27-2)14(9-12)28(24,25)26/h3-9H,1-2H3,(H,24,25,26). The number of ether oxygens (including phenoxy) is 1. The Bertz CT molecular complexity index is 949. The van der Waals surface area contributed by atoms with Crippen LogP contribution in [-0.4, -0.2) is 32.4 Å². The van der Waals surface area contributed by atoms with E-state index in [2.05, 4.69) is 4.74 Å². The first kappa shape index (κ1) is 22.0. The summed E-state index contributed by atoms with van der Waals surface area (Å²) in [4.78, 5) is -1.21. The zero-order valence-corrected chi connectivity index (χ0v) is 15.2. The van der Waals surface area contributed by atoms with Gasteiger partial charge in [0.25, 0.3) is 10.1 Å². The normalized spacial score (nSPS) is 13.5. The molecule has 0 aromatic heterocycles. The molecule has 28 heavy (non-hydrogen) atoms. The molecular weight excluding hydrogens is 414 g/mol. The minimum absolute atomic E-state index is 0.120. The highest BCUT2D eigenvalue weighted by molar-refractivity contribution is 7.86. The van der Waals surface area contributed by atoms with E-state index >= 15 is 0 Å². The van der Waals surface area contributed by atoms with Gasteiger partial charge in [-0.05, 0) is 30.2 Å². The van der Waals surface area contributed by atoms with Crippen LogP contribution in [0.5, 0.6) is 5.75 Å². The Hall–Kier alpha value is -2.27. The van der Waals surface area contributed by atoms with Crippen molar-refractivity contribution in [2.45, 2.75) is 29.6 Å². The Morgan fingerprint density at radius 2 is 1.32 bits per heavy atom. The zero-order valence-electron chi connectivity index (χ0n) is 14.4. The Balaban J connectivity index is 3.01. The van der Waals surface area contributed by atoms with E-state index in [9.17, 15) is 39.3 Å². The average Bonchev–Trinajstić information content (AvgIpc) is 2.53. The molecule has 0 amide bonds. The van der Waals surface area contributed by atoms with E-state index in [1.165, 1.54) is 6.92 Å². The molecule has 0 spiro atoms. The van der Waals surface area contributed by atoms with Crippen molar-refractivity contribution in [3.63, 3.8) is 0 Å². The van der Waals surface area contributed by atoms with Crippen molar-refractivity contribution in [2.75, 3.05) is 7.11 Å². The fraction of sp³-hybridized carbons (Fsp3) is 0.294. The maximum Gasteiger partial charge on any atom is 0.411 e. The van der Waals surface area contributed by atoms with Gasteiger partial charge in [0.05, 0.1) is 7.11 Å². The highest BCUT2D eigenvalue weighted by atomic mass is 32.2. The summed E-state index contributed by atoms with van der Waals surface area (Å²) in [6, 6.07) is 4.72. The summed E-state index contributed by atoms with van der Waals surface area (Å²) in [5.74, 6) is -0.603. The minimum atomic E-state index is -5.88. The molecule has 2 aromatic rings. The van der Waals surface area contributed by atoms with Gasteiger partial charge in [-0.1, -0.05) is 35.9 Å². The minimum Gasteiger partial charge on any atom is -0.495 e. The second kappa shape index (κ2) is 6.96. The van der Waals surface area contributed by atoms with Gasteiger partial charge >= 0.3 is 12.4 Å². The third kappa shape index (κ3) is 3.55. The Morgan fingerprint density at radius 3 is 1.71 bits per heavy atom. The maximum absolute atomic E-state index is 14.0. The van der Waals surface area contributed by atoms with Crippen LogP contribution in [0.4, 0.5) is 26.3 Å². The number of aryl methyl sites for hydroxylation is 1. The lowest BCUT2D eigenvalue weighted by Crippen LogP contribution is -2.54. The SMILES string of the molecule is COc1ccc(C(c2ccc(C)cc2)(C(F)(F)F)C(F)(F)F)cc1S(=O)(=O)O. The molecule has 11 heteroatoms. The highest BCUT2D eigenvalue weighted by Gasteiger charge is 2.72. The Labute approximate surface area is 156 Å². The van der Waals surface area contributed by atoms with Gasteiger partial charge in [-0.25, -0.2) is 0 Å². The third-order valence-corrected chi connectivity index (χ3v) is 5.08. The molecule has 0 radical (unpaired) electrons. The van der Waals surface area contributed by atoms with Gasteiger partial charge in [0, 0.05) is 0 Å². The summed E-state index contributed by atoms with van der Waals surface area (Å²) < 4.78 is 121. The van der Waals surface area contributed by atoms with Gasteiger partial charge < -0.3 is 4.74 Å². The Kier molecular flexibility index (Phi) is 5.47. The fourth-order valence-corrected chi connectivity index (χ4v) is 3.58. The lowest BCUT2D eigenvalue weighted by molar-refractivity contribution is -0.288. The van der Waals surface area contributed by atoms with E-state index in [0.29, 0.717) is 29.8 Å². The van der Waals surface area contributed by atoms with Crippen LogP contribution in [0.2, 0.25) is 0 Å². The summed E-state index contributed by atoms with van der Waals surface area (Å²) in [5.41, 5.74) is -6.68. The molecule has 0 aliphatic rings. The summed E-state index contributed by atoms with van der Waals surface area (Å²) >= 11 is 0. The summed E-state index contributed by atoms with van der Waals surface area (Å²) in [5, 5.41) is 0. The van der Waals surface area contributed by atoms with Crippen LogP contribution in [0.15, 0.2) is 47.4 Å². The van der Waals surface area contributed by atoms with Crippen molar-refractivity contribution in [1.82, 2.24) is 0 Å². The molecule has 0 unspecified atom stereocenters. The number of methoxy groups -OCH3 is 1. The largest absolute Gasteiger partial charge is 0.495 e. The van der Waals surface area contributed by atoms with Crippen LogP contribution in [0.3, 0.4) is 0 Å². The summed E-state index contributed by atoms with van der Waals surface area (Å²) in [6.07, 6.45) is -11.8. The van der Waals surface area contributed by atoms with Crippen molar-refractivity contribution in [1.29, 1.82) is 0 Å². The predicted molar refractivity (Wildman–Crippen MR) is 86.9 cm³/mol. The maximum atomic E-state index is 14.0. The van der Waals surface area contributed by atoms with Crippen molar-refractivity contribution >= 4 is 10.1 Å². The fourth-order valence-electron chi connectivity index (χ4n) is 2.90. The first-order valence-electron chi connectivity index (χ1n) is 7.53. The average molecular weight is 428 g/mol. The number of rotatable bonds is 4. The molecule has 0 saturated carbocycles. The van der Waals surface area contributed by atoms with E-state index in [1.807, 2.05) is 0 Å². The van der Waals surface area contributed by atoms with Crippen molar-refractivity contribution in [2.24, 2.45) is 0 Å². The van der Waals surface area contributed by atoms with Gasteiger partial charge in [-0.15, -0.1) is 0 Å². The van der Waals surface area contributed by atoms with Crippen LogP contribution in [0.1, 0.15) is 16.7 Å². The smallest absolute Gasteiger partial charge is 0.411 e. The van der Waals surface area contributed by atoms with Gasteiger partial charge in [0.1, 0.15) is 10.6 Å². The van der Waals surface area contributed by atoms with E-state index < -0.39 is 49.7 Å². The van der Waals surface area contributed by atoms with Crippen LogP contribution in [0, 0.1) is 6.92 Å². The monoisotopic (exact) mass is 428 g/mol. The van der Waals surface area contributed by atoms with E-state index in [-0.39, 0.29) is 6.07 Å². The van der Waals surface area contributed by atoms with Gasteiger partial charge in [-0.2, -0.15) is 34.8 Å². The quantitative estimate of drug-likeness (QED) is 0.568. The van der Waals surface area contributed by atoms with Crippen LogP contribution >= 0.6 is 0 Å². The topological polar surface area (TPSA) is 63.6 Å². The molecule has 0 bridgehead atoms. The first-order chi connectivity index (χ1) is 12.7. The number of alkyl halides is 6. The summed E-state index contributed by atoms with van der Waals surface area (Å²) in [6.45, 7) is 1.48. The molecule has 2 aromatic carbocycles. The van der Waals surface area contributed by atoms with Crippen molar-refractivity contribution in [3.8, 4) is 5.75 Å².